The van der Waals surface area contributed by atoms with Gasteiger partial charge in [-0.3, -0.25) is 4.72 Å². The van der Waals surface area contributed by atoms with E-state index in [4.69, 9.17) is 5.11 Å². The lowest BCUT2D eigenvalue weighted by Gasteiger charge is -2.10. The zero-order chi connectivity index (χ0) is 15.8. The molecule has 1 aromatic carbocycles. The summed E-state index contributed by atoms with van der Waals surface area (Å²) < 4.78 is 40.2. The van der Waals surface area contributed by atoms with Crippen LogP contribution in [-0.2, 0) is 10.0 Å². The minimum Gasteiger partial charge on any atom is -0.477 e. The molecule has 0 fully saturated rings. The molecule has 0 saturated carbocycles. The van der Waals surface area contributed by atoms with Gasteiger partial charge in [0.2, 0.25) is 0 Å². The number of aromatic nitrogens is 1. The van der Waals surface area contributed by atoms with Crippen molar-refractivity contribution in [1.29, 1.82) is 0 Å². The third-order valence-electron chi connectivity index (χ3n) is 2.71. The van der Waals surface area contributed by atoms with E-state index in [1.807, 2.05) is 0 Å². The van der Waals surface area contributed by atoms with Crippen LogP contribution in [0.15, 0.2) is 33.8 Å². The largest absolute Gasteiger partial charge is 0.477 e. The van der Waals surface area contributed by atoms with Crippen molar-refractivity contribution in [2.45, 2.75) is 11.8 Å². The highest BCUT2D eigenvalue weighted by atomic mass is 79.9. The van der Waals surface area contributed by atoms with Gasteiger partial charge >= 0.3 is 5.97 Å². The number of carboxylic acid groups (broad SMARTS) is 1. The summed E-state index contributed by atoms with van der Waals surface area (Å²) in [5, 5.41) is 8.76. The minimum absolute atomic E-state index is 0.0776. The van der Waals surface area contributed by atoms with Gasteiger partial charge in [0.15, 0.2) is 0 Å². The summed E-state index contributed by atoms with van der Waals surface area (Å²) in [5.41, 5.74) is 0.337. The summed E-state index contributed by atoms with van der Waals surface area (Å²) in [6.07, 6.45) is 1.05. The standard InChI is InChI=1S/C12H10BrFN2O4S/c1-6-2-8(13)9(14)4-10(6)16-21(19,20)7-3-11(12(17)18)15-5-7/h2-5,15-16H,1H3,(H,17,18). The van der Waals surface area contributed by atoms with E-state index in [1.165, 1.54) is 6.07 Å². The van der Waals surface area contributed by atoms with Crippen molar-refractivity contribution in [1.82, 2.24) is 4.98 Å². The summed E-state index contributed by atoms with van der Waals surface area (Å²) >= 11 is 3.00. The lowest BCUT2D eigenvalue weighted by atomic mass is 10.2. The number of rotatable bonds is 4. The number of carboxylic acids is 1. The molecule has 3 N–H and O–H groups in total. The molecule has 2 rings (SSSR count). The zero-order valence-electron chi connectivity index (χ0n) is 10.6. The van der Waals surface area contributed by atoms with Crippen molar-refractivity contribution >= 4 is 37.6 Å². The Morgan fingerprint density at radius 1 is 1.38 bits per heavy atom. The quantitative estimate of drug-likeness (QED) is 0.763. The molecule has 9 heteroatoms. The van der Waals surface area contributed by atoms with E-state index in [1.54, 1.807) is 6.92 Å². The third-order valence-corrected chi connectivity index (χ3v) is 4.66. The number of carbonyl (C=O) groups is 1. The van der Waals surface area contributed by atoms with Crippen LogP contribution in [0.3, 0.4) is 0 Å². The molecule has 112 valence electrons. The summed E-state index contributed by atoms with van der Waals surface area (Å²) in [4.78, 5) is 12.8. The molecule has 0 amide bonds. The van der Waals surface area contributed by atoms with E-state index < -0.39 is 21.8 Å². The second-order valence-electron chi connectivity index (χ2n) is 4.24. The molecule has 0 atom stereocenters. The van der Waals surface area contributed by atoms with Gasteiger partial charge in [0.25, 0.3) is 10.0 Å². The molecular formula is C12H10BrFN2O4S. The number of H-pyrrole nitrogens is 1. The first-order chi connectivity index (χ1) is 9.70. The highest BCUT2D eigenvalue weighted by molar-refractivity contribution is 9.10. The molecule has 0 saturated heterocycles. The van der Waals surface area contributed by atoms with Gasteiger partial charge in [-0.05, 0) is 46.6 Å². The maximum atomic E-state index is 13.5. The number of aromatic carboxylic acids is 1. The smallest absolute Gasteiger partial charge is 0.352 e. The third kappa shape index (κ3) is 3.24. The van der Waals surface area contributed by atoms with Crippen molar-refractivity contribution in [3.8, 4) is 0 Å². The van der Waals surface area contributed by atoms with Crippen LogP contribution in [-0.4, -0.2) is 24.5 Å². The SMILES string of the molecule is Cc1cc(Br)c(F)cc1NS(=O)(=O)c1c[nH]c(C(=O)O)c1. The van der Waals surface area contributed by atoms with E-state index in [9.17, 15) is 17.6 Å². The Hall–Kier alpha value is -1.87. The van der Waals surface area contributed by atoms with Gasteiger partial charge in [-0.2, -0.15) is 0 Å². The fourth-order valence-corrected chi connectivity index (χ4v) is 3.19. The fourth-order valence-electron chi connectivity index (χ4n) is 1.61. The maximum absolute atomic E-state index is 13.5. The van der Waals surface area contributed by atoms with Crippen LogP contribution in [0.25, 0.3) is 0 Å². The summed E-state index contributed by atoms with van der Waals surface area (Å²) in [7, 11) is -4.00. The predicted octanol–water partition coefficient (Wildman–Crippen LogP) is 2.72. The number of anilines is 1. The second kappa shape index (κ2) is 5.49. The van der Waals surface area contributed by atoms with Crippen molar-refractivity contribution in [2.24, 2.45) is 0 Å². The molecule has 1 aromatic heterocycles. The van der Waals surface area contributed by atoms with E-state index in [0.717, 1.165) is 18.3 Å². The van der Waals surface area contributed by atoms with Gasteiger partial charge in [-0.15, -0.1) is 0 Å². The second-order valence-corrected chi connectivity index (χ2v) is 6.78. The highest BCUT2D eigenvalue weighted by Gasteiger charge is 2.19. The van der Waals surface area contributed by atoms with Gasteiger partial charge in [0.1, 0.15) is 16.4 Å². The van der Waals surface area contributed by atoms with E-state index >= 15 is 0 Å². The molecule has 0 bridgehead atoms. The zero-order valence-corrected chi connectivity index (χ0v) is 13.0. The number of sulfonamides is 1. The van der Waals surface area contributed by atoms with E-state index in [0.29, 0.717) is 5.56 Å². The topological polar surface area (TPSA) is 99.3 Å². The normalized spacial score (nSPS) is 11.4. The summed E-state index contributed by atoms with van der Waals surface area (Å²) in [6, 6.07) is 3.46. The molecular weight excluding hydrogens is 367 g/mol. The van der Waals surface area contributed by atoms with Crippen LogP contribution < -0.4 is 4.72 Å². The average Bonchev–Trinajstić information content (AvgIpc) is 2.86. The van der Waals surface area contributed by atoms with Gasteiger partial charge in [-0.25, -0.2) is 17.6 Å². The van der Waals surface area contributed by atoms with Crippen LogP contribution in [0.2, 0.25) is 0 Å². The average molecular weight is 377 g/mol. The number of nitrogens with one attached hydrogen (secondary N) is 2. The number of hydrogen-bond acceptors (Lipinski definition) is 3. The molecule has 2 aromatic rings. The Morgan fingerprint density at radius 2 is 2.05 bits per heavy atom. The maximum Gasteiger partial charge on any atom is 0.352 e. The molecule has 0 aliphatic carbocycles. The molecule has 21 heavy (non-hydrogen) atoms. The van der Waals surface area contributed by atoms with E-state index in [-0.39, 0.29) is 20.7 Å². The Kier molecular flexibility index (Phi) is 4.06. The number of aromatic amines is 1. The monoisotopic (exact) mass is 376 g/mol. The van der Waals surface area contributed by atoms with Gasteiger partial charge < -0.3 is 10.1 Å². The van der Waals surface area contributed by atoms with Crippen molar-refractivity contribution < 1.29 is 22.7 Å². The Bertz CT molecular complexity index is 817. The van der Waals surface area contributed by atoms with Crippen LogP contribution in [0.5, 0.6) is 0 Å². The molecule has 0 spiro atoms. The van der Waals surface area contributed by atoms with Crippen molar-refractivity contribution in [3.05, 3.63) is 45.9 Å². The summed E-state index contributed by atoms with van der Waals surface area (Å²) in [6.45, 7) is 1.61. The highest BCUT2D eigenvalue weighted by Crippen LogP contribution is 2.26. The molecule has 0 aliphatic rings. The first kappa shape index (κ1) is 15.5. The lowest BCUT2D eigenvalue weighted by Crippen LogP contribution is -2.13. The molecule has 6 nitrogen and oxygen atoms in total. The number of halogens is 2. The first-order valence-electron chi connectivity index (χ1n) is 5.61. The van der Waals surface area contributed by atoms with Crippen molar-refractivity contribution in [3.63, 3.8) is 0 Å². The molecule has 0 unspecified atom stereocenters. The number of aryl methyl sites for hydroxylation is 1. The molecule has 0 radical (unpaired) electrons. The number of benzene rings is 1. The van der Waals surface area contributed by atoms with Crippen LogP contribution in [0, 0.1) is 12.7 Å². The number of hydrogen-bond donors (Lipinski definition) is 3. The van der Waals surface area contributed by atoms with Crippen molar-refractivity contribution in [2.75, 3.05) is 4.72 Å². The Morgan fingerprint density at radius 3 is 2.62 bits per heavy atom. The predicted molar refractivity (Wildman–Crippen MR) is 77.4 cm³/mol. The molecule has 0 aliphatic heterocycles. The summed E-state index contributed by atoms with van der Waals surface area (Å²) in [5.74, 6) is -1.89. The first-order valence-corrected chi connectivity index (χ1v) is 7.88. The van der Waals surface area contributed by atoms with Crippen LogP contribution in [0.1, 0.15) is 16.1 Å². The van der Waals surface area contributed by atoms with Gasteiger partial charge in [-0.1, -0.05) is 0 Å². The van der Waals surface area contributed by atoms with Gasteiger partial charge in [0, 0.05) is 6.20 Å². The fraction of sp³-hybridized carbons (Fsp3) is 0.0833. The van der Waals surface area contributed by atoms with Crippen LogP contribution >= 0.6 is 15.9 Å². The lowest BCUT2D eigenvalue weighted by molar-refractivity contribution is 0.0691. The Balaban J connectivity index is 2.37. The molecule has 1 heterocycles. The van der Waals surface area contributed by atoms with E-state index in [2.05, 4.69) is 25.6 Å². The van der Waals surface area contributed by atoms with Gasteiger partial charge in [0.05, 0.1) is 10.2 Å². The van der Waals surface area contributed by atoms with Crippen LogP contribution in [0.4, 0.5) is 10.1 Å². The minimum atomic E-state index is -4.00. The Labute approximate surface area is 128 Å².